The van der Waals surface area contributed by atoms with Gasteiger partial charge >= 0.3 is 0 Å². The number of aromatic nitrogens is 1. The number of nitrogens with one attached hydrogen (secondary N) is 1. The summed E-state index contributed by atoms with van der Waals surface area (Å²) in [4.78, 5) is 3.94. The lowest BCUT2D eigenvalue weighted by Gasteiger charge is -2.23. The minimum absolute atomic E-state index is 0.0482. The zero-order valence-corrected chi connectivity index (χ0v) is 10.7. The second-order valence-electron chi connectivity index (χ2n) is 4.14. The van der Waals surface area contributed by atoms with E-state index >= 15 is 0 Å². The number of hydrogen-bond donors (Lipinski definition) is 1. The first-order valence-corrected chi connectivity index (χ1v) is 7.18. The Morgan fingerprint density at radius 1 is 1.53 bits per heavy atom. The van der Waals surface area contributed by atoms with Crippen molar-refractivity contribution >= 4 is 10.0 Å². The third-order valence-electron chi connectivity index (χ3n) is 2.97. The quantitative estimate of drug-likeness (QED) is 0.848. The molecule has 0 aliphatic carbocycles. The monoisotopic (exact) mass is 255 g/mol. The largest absolute Gasteiger partial charge is 0.318 e. The van der Waals surface area contributed by atoms with Gasteiger partial charge in [-0.25, -0.2) is 13.4 Å². The van der Waals surface area contributed by atoms with Crippen LogP contribution in [0.3, 0.4) is 0 Å². The number of hydrogen-bond acceptors (Lipinski definition) is 4. The molecule has 1 fully saturated rings. The molecule has 0 radical (unpaired) electrons. The van der Waals surface area contributed by atoms with E-state index in [1.54, 1.807) is 22.5 Å². The summed E-state index contributed by atoms with van der Waals surface area (Å²) >= 11 is 0. The van der Waals surface area contributed by atoms with E-state index in [2.05, 4.69) is 10.3 Å². The standard InChI is InChI=1S/C11H17N3O2S/c1-12-9-10-5-4-8-14(10)17(15,16)11-6-2-3-7-13-11/h2-3,6-7,10,12H,4-5,8-9H2,1H3/t10-/m0/s1. The van der Waals surface area contributed by atoms with Gasteiger partial charge in [0.25, 0.3) is 10.0 Å². The Balaban J connectivity index is 2.27. The van der Waals surface area contributed by atoms with E-state index in [0.717, 1.165) is 12.8 Å². The zero-order valence-electron chi connectivity index (χ0n) is 9.83. The van der Waals surface area contributed by atoms with E-state index in [1.807, 2.05) is 7.05 Å². The Kier molecular flexibility index (Phi) is 3.76. The Labute approximate surface area is 102 Å². The summed E-state index contributed by atoms with van der Waals surface area (Å²) in [5.74, 6) is 0. The van der Waals surface area contributed by atoms with Gasteiger partial charge in [0.2, 0.25) is 0 Å². The number of rotatable bonds is 4. The predicted molar refractivity (Wildman–Crippen MR) is 65.1 cm³/mol. The lowest BCUT2D eigenvalue weighted by atomic mass is 10.2. The van der Waals surface area contributed by atoms with Crippen LogP contribution >= 0.6 is 0 Å². The molecule has 1 aromatic heterocycles. The Bertz CT molecular complexity index is 461. The molecule has 0 amide bonds. The summed E-state index contributed by atoms with van der Waals surface area (Å²) in [6.07, 6.45) is 3.33. The van der Waals surface area contributed by atoms with Crippen LogP contribution in [0.25, 0.3) is 0 Å². The molecule has 0 spiro atoms. The molecule has 2 rings (SSSR count). The van der Waals surface area contributed by atoms with Gasteiger partial charge in [0.1, 0.15) is 0 Å². The molecule has 6 heteroatoms. The van der Waals surface area contributed by atoms with E-state index in [4.69, 9.17) is 0 Å². The summed E-state index contributed by atoms with van der Waals surface area (Å²) in [5.41, 5.74) is 0. The normalized spacial score (nSPS) is 21.8. The number of sulfonamides is 1. The van der Waals surface area contributed by atoms with Crippen LogP contribution in [0, 0.1) is 0 Å². The summed E-state index contributed by atoms with van der Waals surface area (Å²) in [7, 11) is -1.59. The zero-order chi connectivity index (χ0) is 12.3. The first-order chi connectivity index (χ1) is 8.16. The van der Waals surface area contributed by atoms with Crippen LogP contribution < -0.4 is 5.32 Å². The fraction of sp³-hybridized carbons (Fsp3) is 0.545. The van der Waals surface area contributed by atoms with Crippen LogP contribution in [-0.4, -0.2) is 43.9 Å². The van der Waals surface area contributed by atoms with Crippen molar-refractivity contribution in [3.8, 4) is 0 Å². The molecule has 1 saturated heterocycles. The van der Waals surface area contributed by atoms with Gasteiger partial charge in [-0.2, -0.15) is 4.31 Å². The fourth-order valence-electron chi connectivity index (χ4n) is 2.19. The van der Waals surface area contributed by atoms with Gasteiger partial charge in [0.15, 0.2) is 5.03 Å². The maximum Gasteiger partial charge on any atom is 0.260 e. The maximum absolute atomic E-state index is 12.4. The molecule has 1 aliphatic heterocycles. The number of nitrogens with zero attached hydrogens (tertiary/aromatic N) is 2. The molecule has 1 atom stereocenters. The van der Waals surface area contributed by atoms with Crippen molar-refractivity contribution in [3.05, 3.63) is 24.4 Å². The van der Waals surface area contributed by atoms with E-state index in [1.165, 1.54) is 6.20 Å². The van der Waals surface area contributed by atoms with Crippen molar-refractivity contribution < 1.29 is 8.42 Å². The summed E-state index contributed by atoms with van der Waals surface area (Å²) in [6.45, 7) is 1.28. The van der Waals surface area contributed by atoms with Gasteiger partial charge in [0, 0.05) is 25.3 Å². The molecule has 0 unspecified atom stereocenters. The minimum atomic E-state index is -3.43. The second kappa shape index (κ2) is 5.12. The van der Waals surface area contributed by atoms with E-state index in [9.17, 15) is 8.42 Å². The highest BCUT2D eigenvalue weighted by Gasteiger charge is 2.35. The number of pyridine rings is 1. The third-order valence-corrected chi connectivity index (χ3v) is 4.84. The summed E-state index contributed by atoms with van der Waals surface area (Å²) in [6, 6.07) is 5.01. The average molecular weight is 255 g/mol. The van der Waals surface area contributed by atoms with Crippen LogP contribution in [0.5, 0.6) is 0 Å². The maximum atomic E-state index is 12.4. The number of likely N-dealkylation sites (N-methyl/N-ethyl adjacent to an activating group) is 1. The minimum Gasteiger partial charge on any atom is -0.318 e. The molecule has 2 heterocycles. The molecule has 17 heavy (non-hydrogen) atoms. The van der Waals surface area contributed by atoms with E-state index in [-0.39, 0.29) is 11.1 Å². The smallest absolute Gasteiger partial charge is 0.260 e. The van der Waals surface area contributed by atoms with Crippen molar-refractivity contribution in [2.24, 2.45) is 0 Å². The van der Waals surface area contributed by atoms with Crippen molar-refractivity contribution in [2.75, 3.05) is 20.1 Å². The van der Waals surface area contributed by atoms with Crippen molar-refractivity contribution in [1.29, 1.82) is 0 Å². The average Bonchev–Trinajstić information content (AvgIpc) is 2.80. The van der Waals surface area contributed by atoms with E-state index in [0.29, 0.717) is 13.1 Å². The SMILES string of the molecule is CNC[C@@H]1CCCN1S(=O)(=O)c1ccccn1. The van der Waals surface area contributed by atoms with Crippen LogP contribution in [0.2, 0.25) is 0 Å². The summed E-state index contributed by atoms with van der Waals surface area (Å²) < 4.78 is 26.3. The van der Waals surface area contributed by atoms with Gasteiger partial charge in [-0.1, -0.05) is 6.07 Å². The van der Waals surface area contributed by atoms with Crippen LogP contribution in [-0.2, 0) is 10.0 Å². The first-order valence-electron chi connectivity index (χ1n) is 5.73. The van der Waals surface area contributed by atoms with E-state index < -0.39 is 10.0 Å². The molecule has 1 aliphatic rings. The summed E-state index contributed by atoms with van der Waals surface area (Å²) in [5, 5.41) is 3.18. The highest BCUT2D eigenvalue weighted by molar-refractivity contribution is 7.89. The third kappa shape index (κ3) is 2.48. The van der Waals surface area contributed by atoms with Crippen molar-refractivity contribution in [1.82, 2.24) is 14.6 Å². The second-order valence-corrected chi connectivity index (χ2v) is 5.97. The highest BCUT2D eigenvalue weighted by atomic mass is 32.2. The molecular weight excluding hydrogens is 238 g/mol. The first kappa shape index (κ1) is 12.5. The molecule has 0 bridgehead atoms. The Hall–Kier alpha value is -0.980. The van der Waals surface area contributed by atoms with Gasteiger partial charge < -0.3 is 5.32 Å². The lowest BCUT2D eigenvalue weighted by Crippen LogP contribution is -2.41. The van der Waals surface area contributed by atoms with Crippen LogP contribution in [0.15, 0.2) is 29.4 Å². The molecule has 94 valence electrons. The molecule has 5 nitrogen and oxygen atoms in total. The lowest BCUT2D eigenvalue weighted by molar-refractivity contribution is 0.377. The fourth-order valence-corrected chi connectivity index (χ4v) is 3.81. The molecule has 1 N–H and O–H groups in total. The predicted octanol–water partition coefficient (Wildman–Crippen LogP) is 0.454. The van der Waals surface area contributed by atoms with Gasteiger partial charge in [-0.3, -0.25) is 0 Å². The van der Waals surface area contributed by atoms with Gasteiger partial charge in [-0.05, 0) is 32.0 Å². The molecule has 0 aromatic carbocycles. The van der Waals surface area contributed by atoms with Crippen molar-refractivity contribution in [3.63, 3.8) is 0 Å². The van der Waals surface area contributed by atoms with Crippen LogP contribution in [0.4, 0.5) is 0 Å². The topological polar surface area (TPSA) is 62.3 Å². The van der Waals surface area contributed by atoms with Gasteiger partial charge in [-0.15, -0.1) is 0 Å². The van der Waals surface area contributed by atoms with Crippen molar-refractivity contribution in [2.45, 2.75) is 23.9 Å². The Morgan fingerprint density at radius 3 is 3.00 bits per heavy atom. The molecule has 1 aromatic rings. The van der Waals surface area contributed by atoms with Crippen LogP contribution in [0.1, 0.15) is 12.8 Å². The molecular formula is C11H17N3O2S. The highest BCUT2D eigenvalue weighted by Crippen LogP contribution is 2.24. The molecule has 0 saturated carbocycles. The van der Waals surface area contributed by atoms with Gasteiger partial charge in [0.05, 0.1) is 0 Å². The Morgan fingerprint density at radius 2 is 2.35 bits per heavy atom.